The summed E-state index contributed by atoms with van der Waals surface area (Å²) in [6.07, 6.45) is -0.207. The number of nitrogens with zero attached hydrogens (tertiary/aromatic N) is 1. The molecule has 1 heterocycles. The monoisotopic (exact) mass is 313 g/mol. The van der Waals surface area contributed by atoms with Gasteiger partial charge in [0.1, 0.15) is 11.7 Å². The number of rotatable bonds is 3. The Morgan fingerprint density at radius 2 is 2.09 bits per heavy atom. The van der Waals surface area contributed by atoms with E-state index in [0.29, 0.717) is 6.07 Å². The molecule has 8 heteroatoms. The first-order chi connectivity index (χ1) is 10.4. The maximum Gasteiger partial charge on any atom is 0.341 e. The van der Waals surface area contributed by atoms with E-state index in [2.05, 4.69) is 0 Å². The van der Waals surface area contributed by atoms with Crippen LogP contribution in [0.1, 0.15) is 22.8 Å². The molecule has 0 bridgehead atoms. The number of hydrogen-bond donors (Lipinski definition) is 1. The molecule has 3 rings (SSSR count). The number of hydrogen-bond acceptors (Lipinski definition) is 3. The van der Waals surface area contributed by atoms with Crippen LogP contribution in [0.3, 0.4) is 0 Å². The number of alkyl halides is 1. The Balaban J connectivity index is 2.50. The van der Waals surface area contributed by atoms with Gasteiger partial charge in [0.15, 0.2) is 11.6 Å². The number of aromatic carboxylic acids is 1. The van der Waals surface area contributed by atoms with Crippen LogP contribution in [0.2, 0.25) is 0 Å². The Labute approximate surface area is 121 Å². The zero-order valence-electron chi connectivity index (χ0n) is 11.3. The van der Waals surface area contributed by atoms with E-state index in [1.807, 2.05) is 0 Å². The van der Waals surface area contributed by atoms with Gasteiger partial charge in [-0.1, -0.05) is 0 Å². The highest BCUT2D eigenvalue weighted by molar-refractivity contribution is 5.94. The number of methoxy groups -OCH3 is 1. The van der Waals surface area contributed by atoms with E-state index in [9.17, 15) is 22.8 Å². The minimum absolute atomic E-state index is 0.0964. The second-order valence-corrected chi connectivity index (χ2v) is 5.01. The van der Waals surface area contributed by atoms with Gasteiger partial charge < -0.3 is 14.4 Å². The Morgan fingerprint density at radius 3 is 2.59 bits per heavy atom. The fourth-order valence-corrected chi connectivity index (χ4v) is 2.47. The number of pyridine rings is 1. The minimum atomic E-state index is -1.53. The second kappa shape index (κ2) is 4.75. The third kappa shape index (κ3) is 1.94. The number of halogens is 3. The van der Waals surface area contributed by atoms with Gasteiger partial charge in [-0.15, -0.1) is 0 Å². The van der Waals surface area contributed by atoms with Crippen molar-refractivity contribution in [3.05, 3.63) is 39.7 Å². The van der Waals surface area contributed by atoms with E-state index in [4.69, 9.17) is 9.84 Å². The standard InChI is InChI=1S/C14H10F3NO4/c1-22-13-10(17)8(16)2-5-11(13)18(9-3-7(9)15)4-6(12(5)19)14(20)21/h2,4,7,9H,3H2,1H3,(H,20,21)/t7-,9?/m0/s1. The van der Waals surface area contributed by atoms with Crippen molar-refractivity contribution < 1.29 is 27.8 Å². The third-order valence-electron chi connectivity index (χ3n) is 3.64. The number of benzene rings is 1. The molecular weight excluding hydrogens is 303 g/mol. The summed E-state index contributed by atoms with van der Waals surface area (Å²) in [4.78, 5) is 23.3. The maximum absolute atomic E-state index is 13.9. The summed E-state index contributed by atoms with van der Waals surface area (Å²) in [7, 11) is 1.08. The fraction of sp³-hybridized carbons (Fsp3) is 0.286. The quantitative estimate of drug-likeness (QED) is 0.944. The lowest BCUT2D eigenvalue weighted by molar-refractivity contribution is 0.0694. The van der Waals surface area contributed by atoms with E-state index in [-0.39, 0.29) is 17.3 Å². The SMILES string of the molecule is COc1c(F)c(F)cc2c(=O)c(C(=O)O)cn(C3C[C@@H]3F)c12. The van der Waals surface area contributed by atoms with Crippen molar-refractivity contribution in [2.75, 3.05) is 7.11 Å². The summed E-state index contributed by atoms with van der Waals surface area (Å²) in [5, 5.41) is 8.70. The molecule has 1 aliphatic rings. The van der Waals surface area contributed by atoms with Gasteiger partial charge in [-0.2, -0.15) is 4.39 Å². The molecule has 1 aromatic carbocycles. The van der Waals surface area contributed by atoms with Crippen LogP contribution in [0.15, 0.2) is 17.1 Å². The highest BCUT2D eigenvalue weighted by Crippen LogP contribution is 2.42. The smallest absolute Gasteiger partial charge is 0.341 e. The van der Waals surface area contributed by atoms with Crippen LogP contribution in [0.25, 0.3) is 10.9 Å². The van der Waals surface area contributed by atoms with Crippen LogP contribution >= 0.6 is 0 Å². The van der Waals surface area contributed by atoms with Crippen LogP contribution in [0.4, 0.5) is 13.2 Å². The molecule has 116 valence electrons. The normalized spacial score (nSPS) is 20.2. The largest absolute Gasteiger partial charge is 0.491 e. The summed E-state index contributed by atoms with van der Waals surface area (Å²) >= 11 is 0. The highest BCUT2D eigenvalue weighted by atomic mass is 19.2. The van der Waals surface area contributed by atoms with E-state index in [1.165, 1.54) is 0 Å². The summed E-state index contributed by atoms with van der Waals surface area (Å²) in [6.45, 7) is 0. The molecule has 1 fully saturated rings. The highest BCUT2D eigenvalue weighted by Gasteiger charge is 2.41. The maximum atomic E-state index is 13.9. The van der Waals surface area contributed by atoms with Gasteiger partial charge >= 0.3 is 5.97 Å². The first-order valence-corrected chi connectivity index (χ1v) is 6.35. The summed E-state index contributed by atoms with van der Waals surface area (Å²) in [6, 6.07) is -0.131. The van der Waals surface area contributed by atoms with Gasteiger partial charge in [0, 0.05) is 12.6 Å². The number of carbonyl (C=O) groups is 1. The average Bonchev–Trinajstić information content (AvgIpc) is 3.18. The molecular formula is C14H10F3NO4. The molecule has 2 atom stereocenters. The first-order valence-electron chi connectivity index (χ1n) is 6.35. The van der Waals surface area contributed by atoms with E-state index in [0.717, 1.165) is 17.9 Å². The van der Waals surface area contributed by atoms with Crippen molar-refractivity contribution in [1.29, 1.82) is 0 Å². The molecule has 1 aliphatic carbocycles. The van der Waals surface area contributed by atoms with E-state index in [1.54, 1.807) is 0 Å². The minimum Gasteiger partial charge on any atom is -0.491 e. The lowest BCUT2D eigenvalue weighted by Crippen LogP contribution is -2.20. The van der Waals surface area contributed by atoms with Crippen molar-refractivity contribution in [2.24, 2.45) is 0 Å². The molecule has 0 aliphatic heterocycles. The third-order valence-corrected chi connectivity index (χ3v) is 3.64. The molecule has 22 heavy (non-hydrogen) atoms. The zero-order valence-corrected chi connectivity index (χ0v) is 11.3. The number of ether oxygens (including phenoxy) is 1. The van der Waals surface area contributed by atoms with Crippen molar-refractivity contribution in [2.45, 2.75) is 18.6 Å². The van der Waals surface area contributed by atoms with Crippen molar-refractivity contribution in [3.8, 4) is 5.75 Å². The number of aromatic nitrogens is 1. The topological polar surface area (TPSA) is 68.5 Å². The van der Waals surface area contributed by atoms with Gasteiger partial charge in [-0.25, -0.2) is 13.6 Å². The molecule has 0 radical (unpaired) electrons. The molecule has 1 N–H and O–H groups in total. The Hall–Kier alpha value is -2.51. The van der Waals surface area contributed by atoms with Crippen LogP contribution in [0.5, 0.6) is 5.75 Å². The van der Waals surface area contributed by atoms with Gasteiger partial charge in [-0.05, 0) is 6.07 Å². The van der Waals surface area contributed by atoms with Gasteiger partial charge in [0.25, 0.3) is 0 Å². The van der Waals surface area contributed by atoms with Gasteiger partial charge in [-0.3, -0.25) is 4.79 Å². The molecule has 1 saturated carbocycles. The lowest BCUT2D eigenvalue weighted by atomic mass is 10.1. The van der Waals surface area contributed by atoms with Crippen molar-refractivity contribution in [1.82, 2.24) is 4.57 Å². The van der Waals surface area contributed by atoms with E-state index >= 15 is 0 Å². The Kier molecular flexibility index (Phi) is 3.12. The Bertz CT molecular complexity index is 862. The molecule has 1 unspecified atom stereocenters. The second-order valence-electron chi connectivity index (χ2n) is 5.01. The van der Waals surface area contributed by atoms with Crippen LogP contribution in [-0.2, 0) is 0 Å². The van der Waals surface area contributed by atoms with Gasteiger partial charge in [0.05, 0.1) is 24.1 Å². The molecule has 0 saturated heterocycles. The van der Waals surface area contributed by atoms with Crippen LogP contribution in [0, 0.1) is 11.6 Å². The molecule has 5 nitrogen and oxygen atoms in total. The fourth-order valence-electron chi connectivity index (χ4n) is 2.47. The molecule has 2 aromatic rings. The lowest BCUT2D eigenvalue weighted by Gasteiger charge is -2.15. The summed E-state index contributed by atoms with van der Waals surface area (Å²) < 4.78 is 46.8. The molecule has 0 spiro atoms. The van der Waals surface area contributed by atoms with Gasteiger partial charge in [0.2, 0.25) is 11.2 Å². The predicted molar refractivity (Wildman–Crippen MR) is 70.2 cm³/mol. The Morgan fingerprint density at radius 1 is 1.45 bits per heavy atom. The van der Waals surface area contributed by atoms with Crippen molar-refractivity contribution in [3.63, 3.8) is 0 Å². The zero-order chi connectivity index (χ0) is 16.2. The van der Waals surface area contributed by atoms with Crippen molar-refractivity contribution >= 4 is 16.9 Å². The van der Waals surface area contributed by atoms with E-state index < -0.39 is 46.6 Å². The molecule has 1 aromatic heterocycles. The predicted octanol–water partition coefficient (Wildman–Crippen LogP) is 2.27. The van der Waals surface area contributed by atoms with Crippen LogP contribution < -0.4 is 10.2 Å². The number of carboxylic acid groups (broad SMARTS) is 1. The average molecular weight is 313 g/mol. The summed E-state index contributed by atoms with van der Waals surface area (Å²) in [5.41, 5.74) is -1.77. The number of carboxylic acids is 1. The summed E-state index contributed by atoms with van der Waals surface area (Å²) in [5.74, 6) is -4.74. The van der Waals surface area contributed by atoms with Crippen LogP contribution in [-0.4, -0.2) is 28.9 Å². The molecule has 0 amide bonds. The number of fused-ring (bicyclic) bond motifs is 1. The first kappa shape index (κ1) is 14.4.